The Balaban J connectivity index is 1.80. The van der Waals surface area contributed by atoms with Gasteiger partial charge in [-0.05, 0) is 5.56 Å². The van der Waals surface area contributed by atoms with E-state index in [1.165, 1.54) is 14.2 Å². The fraction of sp³-hybridized carbons (Fsp3) is 0.571. The monoisotopic (exact) mass is 268 g/mol. The van der Waals surface area contributed by atoms with Crippen LogP contribution in [0.5, 0.6) is 0 Å². The van der Waals surface area contributed by atoms with E-state index in [0.717, 1.165) is 5.56 Å². The van der Waals surface area contributed by atoms with E-state index in [1.54, 1.807) is 0 Å². The molecule has 5 nitrogen and oxygen atoms in total. The van der Waals surface area contributed by atoms with Gasteiger partial charge in [0.1, 0.15) is 18.3 Å². The van der Waals surface area contributed by atoms with Crippen LogP contribution < -0.4 is 0 Å². The minimum atomic E-state index is -0.745. The summed E-state index contributed by atoms with van der Waals surface area (Å²) in [5, 5.41) is 10.0. The van der Waals surface area contributed by atoms with Gasteiger partial charge in [0.15, 0.2) is 6.29 Å². The maximum Gasteiger partial charge on any atom is 0.186 e. The fourth-order valence-electron chi connectivity index (χ4n) is 2.15. The highest BCUT2D eigenvalue weighted by molar-refractivity contribution is 5.13. The molecule has 0 saturated carbocycles. The van der Waals surface area contributed by atoms with E-state index < -0.39 is 24.6 Å². The van der Waals surface area contributed by atoms with Crippen molar-refractivity contribution in [1.82, 2.24) is 0 Å². The van der Waals surface area contributed by atoms with Crippen LogP contribution in [0.25, 0.3) is 0 Å². The summed E-state index contributed by atoms with van der Waals surface area (Å²) in [6.45, 7) is 0.790. The van der Waals surface area contributed by atoms with Gasteiger partial charge in [-0.1, -0.05) is 30.3 Å². The molecule has 1 fully saturated rings. The van der Waals surface area contributed by atoms with Crippen molar-refractivity contribution in [3.05, 3.63) is 35.9 Å². The molecule has 1 aromatic carbocycles. The number of aliphatic hydroxyl groups excluding tert-OH is 1. The van der Waals surface area contributed by atoms with Crippen LogP contribution >= 0.6 is 0 Å². The first-order valence-electron chi connectivity index (χ1n) is 6.27. The second kappa shape index (κ2) is 6.98. The SMILES string of the molecule is CO[C@@H]1O[C@H](COCc2ccccc2)[C@H](O)[C@H]1OC. The molecule has 0 amide bonds. The molecule has 0 aromatic heterocycles. The Labute approximate surface area is 113 Å². The van der Waals surface area contributed by atoms with Gasteiger partial charge >= 0.3 is 0 Å². The largest absolute Gasteiger partial charge is 0.387 e. The summed E-state index contributed by atoms with van der Waals surface area (Å²) in [5.41, 5.74) is 1.08. The molecule has 0 bridgehead atoms. The first-order valence-corrected chi connectivity index (χ1v) is 6.27. The Morgan fingerprint density at radius 1 is 1.16 bits per heavy atom. The van der Waals surface area contributed by atoms with Crippen molar-refractivity contribution in [3.8, 4) is 0 Å². The van der Waals surface area contributed by atoms with E-state index in [9.17, 15) is 5.11 Å². The summed E-state index contributed by atoms with van der Waals surface area (Å²) in [6.07, 6.45) is -2.20. The quantitative estimate of drug-likeness (QED) is 0.832. The predicted molar refractivity (Wildman–Crippen MR) is 68.6 cm³/mol. The van der Waals surface area contributed by atoms with Crippen LogP contribution in [0.1, 0.15) is 5.56 Å². The van der Waals surface area contributed by atoms with Gasteiger partial charge in [0.05, 0.1) is 13.2 Å². The van der Waals surface area contributed by atoms with E-state index in [1.807, 2.05) is 30.3 Å². The summed E-state index contributed by atoms with van der Waals surface area (Å²) in [4.78, 5) is 0. The topological polar surface area (TPSA) is 57.2 Å². The van der Waals surface area contributed by atoms with E-state index in [0.29, 0.717) is 13.2 Å². The lowest BCUT2D eigenvalue weighted by atomic mass is 10.1. The first kappa shape index (κ1) is 14.4. The number of ether oxygens (including phenoxy) is 4. The maximum absolute atomic E-state index is 10.0. The Hall–Kier alpha value is -0.980. The van der Waals surface area contributed by atoms with Gasteiger partial charge < -0.3 is 24.1 Å². The van der Waals surface area contributed by atoms with Crippen LogP contribution in [0.3, 0.4) is 0 Å². The van der Waals surface area contributed by atoms with Crippen LogP contribution in [-0.4, -0.2) is 50.5 Å². The molecule has 1 heterocycles. The summed E-state index contributed by atoms with van der Waals surface area (Å²) < 4.78 is 21.4. The minimum absolute atomic E-state index is 0.301. The highest BCUT2D eigenvalue weighted by Gasteiger charge is 2.44. The van der Waals surface area contributed by atoms with E-state index in [-0.39, 0.29) is 0 Å². The van der Waals surface area contributed by atoms with Crippen LogP contribution in [0.15, 0.2) is 30.3 Å². The molecular formula is C14H20O5. The lowest BCUT2D eigenvalue weighted by Crippen LogP contribution is -2.36. The molecule has 1 saturated heterocycles. The molecule has 0 unspecified atom stereocenters. The minimum Gasteiger partial charge on any atom is -0.387 e. The first-order chi connectivity index (χ1) is 9.26. The molecule has 0 spiro atoms. The highest BCUT2D eigenvalue weighted by Crippen LogP contribution is 2.24. The number of hydrogen-bond donors (Lipinski definition) is 1. The highest BCUT2D eigenvalue weighted by atomic mass is 16.7. The van der Waals surface area contributed by atoms with E-state index in [2.05, 4.69) is 0 Å². The van der Waals surface area contributed by atoms with Crippen molar-refractivity contribution in [3.63, 3.8) is 0 Å². The van der Waals surface area contributed by atoms with Gasteiger partial charge in [-0.2, -0.15) is 0 Å². The average molecular weight is 268 g/mol. The molecular weight excluding hydrogens is 248 g/mol. The van der Waals surface area contributed by atoms with Crippen LogP contribution in [-0.2, 0) is 25.6 Å². The third-order valence-corrected chi connectivity index (χ3v) is 3.19. The maximum atomic E-state index is 10.0. The zero-order valence-corrected chi connectivity index (χ0v) is 11.2. The Kier molecular flexibility index (Phi) is 5.30. The molecule has 1 N–H and O–H groups in total. The fourth-order valence-corrected chi connectivity index (χ4v) is 2.15. The van der Waals surface area contributed by atoms with Crippen molar-refractivity contribution in [2.24, 2.45) is 0 Å². The second-order valence-electron chi connectivity index (χ2n) is 4.47. The smallest absolute Gasteiger partial charge is 0.186 e. The summed E-state index contributed by atoms with van der Waals surface area (Å²) in [6, 6.07) is 9.85. The predicted octanol–water partition coefficient (Wildman–Crippen LogP) is 0.950. The molecule has 0 aliphatic carbocycles. The summed E-state index contributed by atoms with van der Waals surface area (Å²) in [7, 11) is 3.05. The third-order valence-electron chi connectivity index (χ3n) is 3.19. The number of benzene rings is 1. The Morgan fingerprint density at radius 3 is 2.47 bits per heavy atom. The molecule has 19 heavy (non-hydrogen) atoms. The standard InChI is InChI=1S/C14H20O5/c1-16-13-12(15)11(19-14(13)17-2)9-18-8-10-6-4-3-5-7-10/h3-7,11-15H,8-9H2,1-2H3/t11-,12+,13-,14-/m1/s1. The van der Waals surface area contributed by atoms with Crippen molar-refractivity contribution >= 4 is 0 Å². The molecule has 0 radical (unpaired) electrons. The van der Waals surface area contributed by atoms with Crippen molar-refractivity contribution in [2.45, 2.75) is 31.2 Å². The van der Waals surface area contributed by atoms with Gasteiger partial charge in [0.25, 0.3) is 0 Å². The van der Waals surface area contributed by atoms with E-state index in [4.69, 9.17) is 18.9 Å². The van der Waals surface area contributed by atoms with Gasteiger partial charge in [-0.15, -0.1) is 0 Å². The molecule has 1 aliphatic heterocycles. The third kappa shape index (κ3) is 3.52. The normalized spacial score (nSPS) is 30.7. The van der Waals surface area contributed by atoms with Gasteiger partial charge in [-0.3, -0.25) is 0 Å². The zero-order chi connectivity index (χ0) is 13.7. The van der Waals surface area contributed by atoms with Gasteiger partial charge in [0, 0.05) is 14.2 Å². The Morgan fingerprint density at radius 2 is 1.89 bits per heavy atom. The summed E-state index contributed by atoms with van der Waals surface area (Å²) in [5.74, 6) is 0. The molecule has 106 valence electrons. The lowest BCUT2D eigenvalue weighted by Gasteiger charge is -2.17. The van der Waals surface area contributed by atoms with Crippen molar-refractivity contribution in [2.75, 3.05) is 20.8 Å². The van der Waals surface area contributed by atoms with Gasteiger partial charge in [0.2, 0.25) is 0 Å². The molecule has 4 atom stereocenters. The van der Waals surface area contributed by atoms with Crippen LogP contribution in [0.4, 0.5) is 0 Å². The average Bonchev–Trinajstić information content (AvgIpc) is 2.76. The molecule has 1 aliphatic rings. The van der Waals surface area contributed by atoms with E-state index >= 15 is 0 Å². The Bertz CT molecular complexity index is 369. The van der Waals surface area contributed by atoms with Gasteiger partial charge in [-0.25, -0.2) is 0 Å². The van der Waals surface area contributed by atoms with Crippen molar-refractivity contribution < 1.29 is 24.1 Å². The van der Waals surface area contributed by atoms with Crippen LogP contribution in [0.2, 0.25) is 0 Å². The summed E-state index contributed by atoms with van der Waals surface area (Å²) >= 11 is 0. The molecule has 5 heteroatoms. The number of methoxy groups -OCH3 is 2. The number of rotatable bonds is 6. The lowest BCUT2D eigenvalue weighted by molar-refractivity contribution is -0.162. The molecule has 1 aromatic rings. The van der Waals surface area contributed by atoms with Crippen LogP contribution in [0, 0.1) is 0 Å². The molecule has 2 rings (SSSR count). The zero-order valence-electron chi connectivity index (χ0n) is 11.2. The second-order valence-corrected chi connectivity index (χ2v) is 4.47. The number of aliphatic hydroxyl groups is 1. The van der Waals surface area contributed by atoms with Crippen molar-refractivity contribution in [1.29, 1.82) is 0 Å². The number of hydrogen-bond acceptors (Lipinski definition) is 5.